The predicted molar refractivity (Wildman–Crippen MR) is 102 cm³/mol. The van der Waals surface area contributed by atoms with E-state index in [-0.39, 0.29) is 16.4 Å². The highest BCUT2D eigenvalue weighted by atomic mass is 16.1. The molecule has 138 valence electrons. The molecule has 1 unspecified atom stereocenters. The summed E-state index contributed by atoms with van der Waals surface area (Å²) in [6, 6.07) is 1.98. The highest BCUT2D eigenvalue weighted by Gasteiger charge is 2.45. The minimum atomic E-state index is -0.171. The van der Waals surface area contributed by atoms with Gasteiger partial charge in [0.1, 0.15) is 17.5 Å². The van der Waals surface area contributed by atoms with Gasteiger partial charge in [-0.25, -0.2) is 15.0 Å². The van der Waals surface area contributed by atoms with Gasteiger partial charge in [0.05, 0.1) is 5.69 Å². The highest BCUT2D eigenvalue weighted by Crippen LogP contribution is 2.44. The van der Waals surface area contributed by atoms with Crippen LogP contribution in [0, 0.1) is 6.92 Å². The number of aryl methyl sites for hydroxylation is 1. The minimum absolute atomic E-state index is 0.0410. The Bertz CT molecular complexity index is 898. The fourth-order valence-electron chi connectivity index (χ4n) is 4.35. The maximum atomic E-state index is 12.7. The topological polar surface area (TPSA) is 74.8 Å². The van der Waals surface area contributed by atoms with Crippen molar-refractivity contribution in [1.29, 1.82) is 0 Å². The number of hydrogen-bond acceptors (Lipinski definition) is 5. The molecule has 1 spiro atoms. The van der Waals surface area contributed by atoms with E-state index >= 15 is 0 Å². The van der Waals surface area contributed by atoms with E-state index in [9.17, 15) is 4.79 Å². The molecule has 1 aliphatic carbocycles. The van der Waals surface area contributed by atoms with Crippen LogP contribution in [0.3, 0.4) is 0 Å². The Morgan fingerprint density at radius 3 is 2.77 bits per heavy atom. The van der Waals surface area contributed by atoms with E-state index in [1.54, 1.807) is 0 Å². The van der Waals surface area contributed by atoms with Crippen molar-refractivity contribution in [2.45, 2.75) is 64.2 Å². The summed E-state index contributed by atoms with van der Waals surface area (Å²) < 4.78 is 0. The summed E-state index contributed by atoms with van der Waals surface area (Å²) in [5, 5.41) is 0. The second-order valence-corrected chi connectivity index (χ2v) is 8.76. The lowest BCUT2D eigenvalue weighted by atomic mass is 9.77. The number of H-pyrrole nitrogens is 1. The van der Waals surface area contributed by atoms with E-state index in [1.807, 2.05) is 19.2 Å². The van der Waals surface area contributed by atoms with Crippen molar-refractivity contribution in [3.8, 4) is 0 Å². The number of anilines is 1. The van der Waals surface area contributed by atoms with Crippen LogP contribution in [-0.2, 0) is 17.3 Å². The van der Waals surface area contributed by atoms with E-state index in [4.69, 9.17) is 4.98 Å². The van der Waals surface area contributed by atoms with Crippen molar-refractivity contribution < 1.29 is 0 Å². The normalized spacial score (nSPS) is 22.7. The zero-order valence-corrected chi connectivity index (χ0v) is 16.1. The summed E-state index contributed by atoms with van der Waals surface area (Å²) in [6.07, 6.45) is 5.80. The van der Waals surface area contributed by atoms with Gasteiger partial charge in [-0.15, -0.1) is 0 Å². The summed E-state index contributed by atoms with van der Waals surface area (Å²) >= 11 is 0. The van der Waals surface area contributed by atoms with Crippen LogP contribution in [0.1, 0.15) is 62.9 Å². The zero-order chi connectivity index (χ0) is 18.5. The van der Waals surface area contributed by atoms with E-state index in [1.165, 1.54) is 0 Å². The molecule has 1 N–H and O–H groups in total. The minimum Gasteiger partial charge on any atom is -0.356 e. The van der Waals surface area contributed by atoms with Gasteiger partial charge in [0, 0.05) is 35.7 Å². The maximum Gasteiger partial charge on any atom is 0.254 e. The van der Waals surface area contributed by atoms with Crippen molar-refractivity contribution in [2.75, 3.05) is 18.0 Å². The van der Waals surface area contributed by atoms with Crippen molar-refractivity contribution in [3.63, 3.8) is 0 Å². The molecule has 0 bridgehead atoms. The largest absolute Gasteiger partial charge is 0.356 e. The first kappa shape index (κ1) is 17.2. The molecule has 2 aromatic rings. The lowest BCUT2D eigenvalue weighted by molar-refractivity contribution is 0.331. The van der Waals surface area contributed by atoms with Gasteiger partial charge in [-0.05, 0) is 38.7 Å². The van der Waals surface area contributed by atoms with Gasteiger partial charge in [0.2, 0.25) is 0 Å². The Morgan fingerprint density at radius 2 is 2.04 bits per heavy atom. The van der Waals surface area contributed by atoms with Crippen LogP contribution in [0.15, 0.2) is 17.1 Å². The molecule has 6 heteroatoms. The number of fused-ring (bicyclic) bond motifs is 2. The Balaban J connectivity index is 1.75. The summed E-state index contributed by atoms with van der Waals surface area (Å²) in [4.78, 5) is 31.8. The van der Waals surface area contributed by atoms with Crippen LogP contribution in [0.4, 0.5) is 5.82 Å². The van der Waals surface area contributed by atoms with Crippen molar-refractivity contribution in [1.82, 2.24) is 19.9 Å². The van der Waals surface area contributed by atoms with Gasteiger partial charge < -0.3 is 9.88 Å². The molecule has 0 aromatic carbocycles. The van der Waals surface area contributed by atoms with E-state index < -0.39 is 0 Å². The molecule has 2 aliphatic rings. The molecule has 6 nitrogen and oxygen atoms in total. The molecule has 1 fully saturated rings. The van der Waals surface area contributed by atoms with E-state index in [0.29, 0.717) is 0 Å². The second kappa shape index (κ2) is 5.89. The molecule has 0 saturated carbocycles. The summed E-state index contributed by atoms with van der Waals surface area (Å²) in [5.41, 5.74) is 1.75. The average molecular weight is 353 g/mol. The van der Waals surface area contributed by atoms with E-state index in [2.05, 4.69) is 40.6 Å². The molecule has 2 aromatic heterocycles. The van der Waals surface area contributed by atoms with Crippen molar-refractivity contribution in [3.05, 3.63) is 45.5 Å². The third kappa shape index (κ3) is 2.81. The van der Waals surface area contributed by atoms with Crippen LogP contribution < -0.4 is 10.5 Å². The molecular formula is C20H27N5O. The van der Waals surface area contributed by atoms with Gasteiger partial charge in [-0.1, -0.05) is 20.8 Å². The quantitative estimate of drug-likeness (QED) is 0.853. The smallest absolute Gasteiger partial charge is 0.254 e. The second-order valence-electron chi connectivity index (χ2n) is 8.76. The first-order valence-corrected chi connectivity index (χ1v) is 9.47. The number of aromatic nitrogens is 4. The molecule has 1 atom stereocenters. The summed E-state index contributed by atoms with van der Waals surface area (Å²) in [6.45, 7) is 10.1. The Morgan fingerprint density at radius 1 is 1.23 bits per heavy atom. The number of nitrogens with one attached hydrogen (secondary N) is 1. The lowest BCUT2D eigenvalue weighted by Crippen LogP contribution is -2.46. The number of nitrogens with zero attached hydrogens (tertiary/aromatic N) is 4. The molecule has 1 saturated heterocycles. The van der Waals surface area contributed by atoms with Gasteiger partial charge in [0.25, 0.3) is 5.56 Å². The Kier molecular flexibility index (Phi) is 3.90. The van der Waals surface area contributed by atoms with Crippen LogP contribution >= 0.6 is 0 Å². The van der Waals surface area contributed by atoms with Gasteiger partial charge in [0.15, 0.2) is 0 Å². The fourth-order valence-corrected chi connectivity index (χ4v) is 4.35. The summed E-state index contributed by atoms with van der Waals surface area (Å²) in [7, 11) is 0. The van der Waals surface area contributed by atoms with Crippen molar-refractivity contribution >= 4 is 5.82 Å². The van der Waals surface area contributed by atoms with Crippen LogP contribution in [0.25, 0.3) is 0 Å². The van der Waals surface area contributed by atoms with Gasteiger partial charge in [-0.2, -0.15) is 0 Å². The Hall–Kier alpha value is -2.24. The Labute approximate surface area is 154 Å². The third-order valence-electron chi connectivity index (χ3n) is 5.74. The van der Waals surface area contributed by atoms with E-state index in [0.717, 1.165) is 67.5 Å². The molecule has 1 aliphatic heterocycles. The summed E-state index contributed by atoms with van der Waals surface area (Å²) in [5.74, 6) is 2.56. The fraction of sp³-hybridized carbons (Fsp3) is 0.600. The first-order chi connectivity index (χ1) is 12.3. The van der Waals surface area contributed by atoms with Crippen LogP contribution in [0.5, 0.6) is 0 Å². The third-order valence-corrected chi connectivity index (χ3v) is 5.74. The lowest BCUT2D eigenvalue weighted by Gasteiger charge is -2.41. The number of rotatable bonds is 1. The number of hydrogen-bond donors (Lipinski definition) is 1. The number of aromatic amines is 1. The standard InChI is InChI=1S/C20H27N5O/c1-13-21-10-7-15(22-13)25-11-5-8-20(12-25)9-6-14-16(20)23-18(19(2,3)4)24-17(14)26/h7,10H,5-6,8-9,11-12H2,1-4H3,(H,23,24,26). The molecule has 0 radical (unpaired) electrons. The molecular weight excluding hydrogens is 326 g/mol. The SMILES string of the molecule is Cc1nccc(N2CCCC3(CCc4c3nc(C(C)(C)C)[nH]c4=O)C2)n1. The molecule has 3 heterocycles. The molecule has 26 heavy (non-hydrogen) atoms. The zero-order valence-electron chi connectivity index (χ0n) is 16.1. The van der Waals surface area contributed by atoms with Gasteiger partial charge >= 0.3 is 0 Å². The van der Waals surface area contributed by atoms with Crippen LogP contribution in [0.2, 0.25) is 0 Å². The van der Waals surface area contributed by atoms with Crippen molar-refractivity contribution in [2.24, 2.45) is 0 Å². The van der Waals surface area contributed by atoms with Crippen LogP contribution in [-0.4, -0.2) is 33.0 Å². The highest BCUT2D eigenvalue weighted by molar-refractivity contribution is 5.43. The maximum absolute atomic E-state index is 12.7. The average Bonchev–Trinajstić information content (AvgIpc) is 2.93. The first-order valence-electron chi connectivity index (χ1n) is 9.47. The molecule has 4 rings (SSSR count). The predicted octanol–water partition coefficient (Wildman–Crippen LogP) is 2.65. The molecule has 0 amide bonds. The van der Waals surface area contributed by atoms with Gasteiger partial charge in [-0.3, -0.25) is 4.79 Å². The monoisotopic (exact) mass is 353 g/mol. The number of piperidine rings is 1.